The number of aromatic amines is 1. The largest absolute Gasteiger partial charge is 0.378 e. The van der Waals surface area contributed by atoms with Crippen molar-refractivity contribution in [3.8, 4) is 11.3 Å². The van der Waals surface area contributed by atoms with Gasteiger partial charge in [-0.25, -0.2) is 32.7 Å². The number of ether oxygens (including phenoxy) is 1. The first-order valence-corrected chi connectivity index (χ1v) is 12.8. The number of hydrogen-bond acceptors (Lipinski definition) is 8. The van der Waals surface area contributed by atoms with Gasteiger partial charge in [-0.05, 0) is 31.2 Å². The number of nitrogens with one attached hydrogen (secondary N) is 1. The molecule has 0 aliphatic carbocycles. The molecule has 5 heterocycles. The molecule has 2 aliphatic rings. The van der Waals surface area contributed by atoms with Gasteiger partial charge in [-0.15, -0.1) is 0 Å². The molecule has 0 bridgehead atoms. The maximum Gasteiger partial charge on any atom is 0.225 e. The van der Waals surface area contributed by atoms with E-state index in [4.69, 9.17) is 14.7 Å². The van der Waals surface area contributed by atoms with Crippen LogP contribution in [0.5, 0.6) is 0 Å². The molecule has 2 aliphatic heterocycles. The standard InChI is InChI=1S/C21H27N7O3S/c1-32(29,30)28-6-2-3-15(14-28)11-18-16(19-13-23-20-17(25-19)4-5-22-20)12-24-21(26-18)27-7-9-31-10-8-27/h4-5,12-13,15H,2-3,6-11,14H2,1H3,(H,22,23)/t15-/m1/s1. The lowest BCUT2D eigenvalue weighted by atomic mass is 9.92. The van der Waals surface area contributed by atoms with Gasteiger partial charge < -0.3 is 14.6 Å². The van der Waals surface area contributed by atoms with Gasteiger partial charge in [-0.3, -0.25) is 0 Å². The SMILES string of the molecule is CS(=O)(=O)N1CCC[C@H](Cc2nc(N3CCOCC3)ncc2-c2cnc3[nH]ccc3n2)C1. The van der Waals surface area contributed by atoms with Crippen LogP contribution in [0.4, 0.5) is 5.95 Å². The van der Waals surface area contributed by atoms with E-state index in [0.29, 0.717) is 38.7 Å². The normalized spacial score (nSPS) is 20.7. The molecule has 0 amide bonds. The Morgan fingerprint density at radius 2 is 2.00 bits per heavy atom. The maximum absolute atomic E-state index is 12.1. The molecule has 0 unspecified atom stereocenters. The molecule has 1 atom stereocenters. The third-order valence-electron chi connectivity index (χ3n) is 6.12. The minimum atomic E-state index is -3.20. The summed E-state index contributed by atoms with van der Waals surface area (Å²) in [6.45, 7) is 3.90. The highest BCUT2D eigenvalue weighted by Gasteiger charge is 2.28. The zero-order valence-corrected chi connectivity index (χ0v) is 18.9. The third-order valence-corrected chi connectivity index (χ3v) is 7.39. The Morgan fingerprint density at radius 3 is 2.81 bits per heavy atom. The van der Waals surface area contributed by atoms with Crippen molar-refractivity contribution in [2.24, 2.45) is 5.92 Å². The van der Waals surface area contributed by atoms with Crippen LogP contribution in [0.1, 0.15) is 18.5 Å². The fraction of sp³-hybridized carbons (Fsp3) is 0.524. The lowest BCUT2D eigenvalue weighted by Gasteiger charge is -2.31. The predicted octanol–water partition coefficient (Wildman–Crippen LogP) is 1.47. The van der Waals surface area contributed by atoms with Crippen LogP contribution in [0.2, 0.25) is 0 Å². The Kier molecular flexibility index (Phi) is 5.78. The summed E-state index contributed by atoms with van der Waals surface area (Å²) in [4.78, 5) is 24.0. The van der Waals surface area contributed by atoms with Crippen molar-refractivity contribution in [3.05, 3.63) is 30.4 Å². The number of hydrogen-bond donors (Lipinski definition) is 1. The summed E-state index contributed by atoms with van der Waals surface area (Å²) in [7, 11) is -3.20. The summed E-state index contributed by atoms with van der Waals surface area (Å²) >= 11 is 0. The second kappa shape index (κ2) is 8.72. The highest BCUT2D eigenvalue weighted by atomic mass is 32.2. The lowest BCUT2D eigenvalue weighted by Crippen LogP contribution is -2.40. The second-order valence-electron chi connectivity index (χ2n) is 8.43. The van der Waals surface area contributed by atoms with Crippen LogP contribution in [0, 0.1) is 5.92 Å². The molecule has 5 rings (SSSR count). The van der Waals surface area contributed by atoms with E-state index >= 15 is 0 Å². The first kappa shape index (κ1) is 21.2. The van der Waals surface area contributed by atoms with Crippen LogP contribution in [-0.2, 0) is 21.2 Å². The van der Waals surface area contributed by atoms with Crippen molar-refractivity contribution in [2.45, 2.75) is 19.3 Å². The van der Waals surface area contributed by atoms with Crippen LogP contribution < -0.4 is 4.90 Å². The summed E-state index contributed by atoms with van der Waals surface area (Å²) in [5.74, 6) is 0.868. The second-order valence-corrected chi connectivity index (χ2v) is 10.4. The number of fused-ring (bicyclic) bond motifs is 1. The van der Waals surface area contributed by atoms with Gasteiger partial charge >= 0.3 is 0 Å². The maximum atomic E-state index is 12.1. The summed E-state index contributed by atoms with van der Waals surface area (Å²) in [6, 6.07) is 1.89. The number of piperidine rings is 1. The molecule has 2 saturated heterocycles. The lowest BCUT2D eigenvalue weighted by molar-refractivity contribution is 0.122. The molecule has 0 radical (unpaired) electrons. The molecular weight excluding hydrogens is 430 g/mol. The molecule has 1 N–H and O–H groups in total. The van der Waals surface area contributed by atoms with Crippen molar-refractivity contribution >= 4 is 27.1 Å². The number of anilines is 1. The summed E-state index contributed by atoms with van der Waals surface area (Å²) in [5, 5.41) is 0. The number of morpholine rings is 1. The van der Waals surface area contributed by atoms with Gasteiger partial charge in [0.1, 0.15) is 5.52 Å². The molecule has 2 fully saturated rings. The van der Waals surface area contributed by atoms with E-state index in [1.165, 1.54) is 6.26 Å². The highest BCUT2D eigenvalue weighted by molar-refractivity contribution is 7.88. The number of rotatable bonds is 5. The van der Waals surface area contributed by atoms with Gasteiger partial charge in [0.2, 0.25) is 16.0 Å². The van der Waals surface area contributed by atoms with Crippen molar-refractivity contribution in [2.75, 3.05) is 50.5 Å². The molecule has 32 heavy (non-hydrogen) atoms. The fourth-order valence-electron chi connectivity index (χ4n) is 4.42. The molecule has 3 aromatic heterocycles. The summed E-state index contributed by atoms with van der Waals surface area (Å²) < 4.78 is 31.2. The monoisotopic (exact) mass is 457 g/mol. The van der Waals surface area contributed by atoms with E-state index in [9.17, 15) is 8.42 Å². The van der Waals surface area contributed by atoms with E-state index in [2.05, 4.69) is 19.9 Å². The molecule has 170 valence electrons. The van der Waals surface area contributed by atoms with Gasteiger partial charge in [0.15, 0.2) is 5.65 Å². The van der Waals surface area contributed by atoms with Crippen molar-refractivity contribution < 1.29 is 13.2 Å². The third kappa shape index (κ3) is 4.45. The van der Waals surface area contributed by atoms with Crippen LogP contribution in [-0.4, -0.2) is 83.3 Å². The smallest absolute Gasteiger partial charge is 0.225 e. The fourth-order valence-corrected chi connectivity index (χ4v) is 5.36. The Bertz CT molecular complexity index is 1210. The van der Waals surface area contributed by atoms with Crippen LogP contribution in [0.3, 0.4) is 0 Å². The van der Waals surface area contributed by atoms with E-state index < -0.39 is 10.0 Å². The topological polar surface area (TPSA) is 117 Å². The average Bonchev–Trinajstić information content (AvgIpc) is 3.27. The molecule has 0 spiro atoms. The Hall–Kier alpha value is -2.63. The summed E-state index contributed by atoms with van der Waals surface area (Å²) in [6.07, 6.45) is 9.13. The van der Waals surface area contributed by atoms with E-state index in [1.807, 2.05) is 18.5 Å². The first-order chi connectivity index (χ1) is 15.5. The Balaban J connectivity index is 1.49. The zero-order chi connectivity index (χ0) is 22.1. The van der Waals surface area contributed by atoms with E-state index in [-0.39, 0.29) is 5.92 Å². The quantitative estimate of drug-likeness (QED) is 0.612. The average molecular weight is 458 g/mol. The van der Waals surface area contributed by atoms with E-state index in [0.717, 1.165) is 54.0 Å². The number of nitrogens with zero attached hydrogens (tertiary/aromatic N) is 6. The Morgan fingerprint density at radius 1 is 1.16 bits per heavy atom. The molecule has 0 saturated carbocycles. The zero-order valence-electron chi connectivity index (χ0n) is 18.1. The van der Waals surface area contributed by atoms with Crippen molar-refractivity contribution in [1.29, 1.82) is 0 Å². The summed E-state index contributed by atoms with van der Waals surface area (Å²) in [5.41, 5.74) is 3.96. The van der Waals surface area contributed by atoms with Crippen molar-refractivity contribution in [1.82, 2.24) is 29.2 Å². The molecule has 10 nitrogen and oxygen atoms in total. The number of sulfonamides is 1. The van der Waals surface area contributed by atoms with Crippen LogP contribution in [0.15, 0.2) is 24.7 Å². The molecule has 11 heteroatoms. The molecule has 0 aromatic carbocycles. The minimum Gasteiger partial charge on any atom is -0.378 e. The van der Waals surface area contributed by atoms with Crippen LogP contribution in [0.25, 0.3) is 22.4 Å². The van der Waals surface area contributed by atoms with E-state index in [1.54, 1.807) is 10.5 Å². The molecular formula is C21H27N7O3S. The highest BCUT2D eigenvalue weighted by Crippen LogP contribution is 2.28. The predicted molar refractivity (Wildman–Crippen MR) is 121 cm³/mol. The van der Waals surface area contributed by atoms with Crippen molar-refractivity contribution in [3.63, 3.8) is 0 Å². The minimum absolute atomic E-state index is 0.189. The number of H-pyrrole nitrogens is 1. The first-order valence-electron chi connectivity index (χ1n) is 10.9. The van der Waals surface area contributed by atoms with Gasteiger partial charge in [-0.1, -0.05) is 0 Å². The van der Waals surface area contributed by atoms with Crippen LogP contribution >= 0.6 is 0 Å². The number of aromatic nitrogens is 5. The van der Waals surface area contributed by atoms with Gasteiger partial charge in [0.25, 0.3) is 0 Å². The van der Waals surface area contributed by atoms with Gasteiger partial charge in [0, 0.05) is 44.1 Å². The Labute approximate surface area is 187 Å². The van der Waals surface area contributed by atoms with Gasteiger partial charge in [-0.2, -0.15) is 0 Å². The van der Waals surface area contributed by atoms with Gasteiger partial charge in [0.05, 0.1) is 37.1 Å². The molecule has 3 aromatic rings.